The molecule has 2 N–H and O–H groups in total. The monoisotopic (exact) mass is 226 g/mol. The van der Waals surface area contributed by atoms with Crippen LogP contribution in [0.15, 0.2) is 0 Å². The van der Waals surface area contributed by atoms with Crippen LogP contribution in [0.4, 0.5) is 4.79 Å². The molecule has 0 aromatic carbocycles. The average molecular weight is 226 g/mol. The van der Waals surface area contributed by atoms with Crippen LogP contribution in [0.5, 0.6) is 0 Å². The lowest BCUT2D eigenvalue weighted by molar-refractivity contribution is 0.0944. The lowest BCUT2D eigenvalue weighted by Gasteiger charge is -2.40. The van der Waals surface area contributed by atoms with Crippen LogP contribution in [0.3, 0.4) is 0 Å². The summed E-state index contributed by atoms with van der Waals surface area (Å²) in [6.07, 6.45) is 1.58. The Labute approximate surface area is 97.0 Å². The van der Waals surface area contributed by atoms with Crippen molar-refractivity contribution >= 4 is 6.09 Å². The fourth-order valence-corrected chi connectivity index (χ4v) is 3.11. The number of likely N-dealkylation sites (tertiary alicyclic amines) is 1. The highest BCUT2D eigenvalue weighted by atomic mass is 16.4. The van der Waals surface area contributed by atoms with Crippen molar-refractivity contribution in [2.24, 2.45) is 11.8 Å². The second kappa shape index (κ2) is 3.91. The van der Waals surface area contributed by atoms with Gasteiger partial charge in [-0.15, -0.1) is 0 Å². The van der Waals surface area contributed by atoms with Gasteiger partial charge in [-0.05, 0) is 45.4 Å². The molecule has 1 heterocycles. The highest BCUT2D eigenvalue weighted by Gasteiger charge is 2.44. The quantitative estimate of drug-likeness (QED) is 0.716. The van der Waals surface area contributed by atoms with Crippen molar-refractivity contribution in [2.45, 2.75) is 45.2 Å². The molecule has 1 saturated heterocycles. The van der Waals surface area contributed by atoms with E-state index in [1.807, 2.05) is 0 Å². The molecule has 1 aliphatic heterocycles. The predicted octanol–water partition coefficient (Wildman–Crippen LogP) is 1.76. The molecule has 0 radical (unpaired) electrons. The van der Waals surface area contributed by atoms with Gasteiger partial charge in [0.2, 0.25) is 0 Å². The number of carboxylic acid groups (broad SMARTS) is 1. The van der Waals surface area contributed by atoms with Gasteiger partial charge in [0.05, 0.1) is 0 Å². The Morgan fingerprint density at radius 2 is 1.75 bits per heavy atom. The Morgan fingerprint density at radius 1 is 1.25 bits per heavy atom. The lowest BCUT2D eigenvalue weighted by atomic mass is 9.90. The van der Waals surface area contributed by atoms with Crippen LogP contribution >= 0.6 is 0 Å². The third-order valence-corrected chi connectivity index (χ3v) is 3.70. The van der Waals surface area contributed by atoms with E-state index in [4.69, 9.17) is 5.11 Å². The van der Waals surface area contributed by atoms with Gasteiger partial charge in [0.15, 0.2) is 0 Å². The molecule has 2 rings (SSSR count). The predicted molar refractivity (Wildman–Crippen MR) is 62.5 cm³/mol. The highest BCUT2D eigenvalue weighted by molar-refractivity contribution is 5.65. The first kappa shape index (κ1) is 11.7. The van der Waals surface area contributed by atoms with Crippen LogP contribution in [-0.4, -0.2) is 40.8 Å². The van der Waals surface area contributed by atoms with E-state index in [0.29, 0.717) is 31.0 Å². The van der Waals surface area contributed by atoms with Crippen molar-refractivity contribution in [1.29, 1.82) is 0 Å². The Kier molecular flexibility index (Phi) is 2.86. The van der Waals surface area contributed by atoms with Gasteiger partial charge in [-0.1, -0.05) is 0 Å². The fraction of sp³-hybridized carbons (Fsp3) is 0.917. The van der Waals surface area contributed by atoms with Gasteiger partial charge < -0.3 is 15.3 Å². The highest BCUT2D eigenvalue weighted by Crippen LogP contribution is 2.37. The number of hydrogen-bond acceptors (Lipinski definition) is 2. The fourth-order valence-electron chi connectivity index (χ4n) is 3.11. The van der Waals surface area contributed by atoms with E-state index in [2.05, 4.69) is 26.1 Å². The molecule has 0 spiro atoms. The van der Waals surface area contributed by atoms with E-state index >= 15 is 0 Å². The number of fused-ring (bicyclic) bond motifs is 2. The molecule has 4 heteroatoms. The standard InChI is InChI=1S/C12H22N2O2/c1-12(2,3)13-10-8-4-5-9(10)7-14(6-8)11(15)16/h8-10,13H,4-7H2,1-3H3,(H,15,16). The van der Waals surface area contributed by atoms with Crippen molar-refractivity contribution in [3.63, 3.8) is 0 Å². The van der Waals surface area contributed by atoms with Crippen LogP contribution < -0.4 is 5.32 Å². The van der Waals surface area contributed by atoms with Crippen LogP contribution in [0, 0.1) is 11.8 Å². The van der Waals surface area contributed by atoms with Crippen molar-refractivity contribution in [3.8, 4) is 0 Å². The minimum absolute atomic E-state index is 0.122. The summed E-state index contributed by atoms with van der Waals surface area (Å²) in [4.78, 5) is 12.6. The molecule has 2 unspecified atom stereocenters. The van der Waals surface area contributed by atoms with Gasteiger partial charge in [0.25, 0.3) is 0 Å². The normalized spacial score (nSPS) is 34.2. The van der Waals surface area contributed by atoms with E-state index in [1.165, 1.54) is 12.8 Å². The molecular formula is C12H22N2O2. The topological polar surface area (TPSA) is 52.6 Å². The molecule has 0 aromatic heterocycles. The Morgan fingerprint density at radius 3 is 2.12 bits per heavy atom. The van der Waals surface area contributed by atoms with Crippen molar-refractivity contribution < 1.29 is 9.90 Å². The second-order valence-corrected chi connectivity index (χ2v) is 6.21. The number of nitrogens with one attached hydrogen (secondary N) is 1. The summed E-state index contributed by atoms with van der Waals surface area (Å²) < 4.78 is 0. The molecule has 2 fully saturated rings. The summed E-state index contributed by atoms with van der Waals surface area (Å²) in [6, 6.07) is 0.510. The number of nitrogens with zero attached hydrogens (tertiary/aromatic N) is 1. The molecule has 2 aliphatic rings. The van der Waals surface area contributed by atoms with Gasteiger partial charge in [0, 0.05) is 24.7 Å². The average Bonchev–Trinajstić information content (AvgIpc) is 2.39. The van der Waals surface area contributed by atoms with Crippen LogP contribution in [-0.2, 0) is 0 Å². The summed E-state index contributed by atoms with van der Waals surface area (Å²) >= 11 is 0. The zero-order chi connectivity index (χ0) is 11.9. The summed E-state index contributed by atoms with van der Waals surface area (Å²) in [7, 11) is 0. The SMILES string of the molecule is CC(C)(C)NC1C2CCC1CN(C(=O)O)C2. The van der Waals surface area contributed by atoms with Gasteiger partial charge in [-0.25, -0.2) is 4.79 Å². The molecule has 92 valence electrons. The zero-order valence-electron chi connectivity index (χ0n) is 10.4. The molecule has 4 nitrogen and oxygen atoms in total. The van der Waals surface area contributed by atoms with Gasteiger partial charge in [-0.3, -0.25) is 0 Å². The van der Waals surface area contributed by atoms with E-state index in [-0.39, 0.29) is 5.54 Å². The summed E-state index contributed by atoms with van der Waals surface area (Å²) in [6.45, 7) is 7.95. The summed E-state index contributed by atoms with van der Waals surface area (Å²) in [5.41, 5.74) is 0.122. The van der Waals surface area contributed by atoms with Crippen molar-refractivity contribution in [1.82, 2.24) is 10.2 Å². The minimum atomic E-state index is -0.758. The van der Waals surface area contributed by atoms with E-state index < -0.39 is 6.09 Å². The first-order valence-electron chi connectivity index (χ1n) is 6.12. The number of hydrogen-bond donors (Lipinski definition) is 2. The maximum absolute atomic E-state index is 11.0. The summed E-state index contributed by atoms with van der Waals surface area (Å²) in [5, 5.41) is 12.7. The Hall–Kier alpha value is -0.770. The molecule has 2 bridgehead atoms. The van der Waals surface area contributed by atoms with Crippen LogP contribution in [0.2, 0.25) is 0 Å². The molecule has 2 atom stereocenters. The first-order chi connectivity index (χ1) is 7.37. The largest absolute Gasteiger partial charge is 0.465 e. The second-order valence-electron chi connectivity index (χ2n) is 6.21. The lowest BCUT2D eigenvalue weighted by Crippen LogP contribution is -2.56. The summed E-state index contributed by atoms with van der Waals surface area (Å²) in [5.74, 6) is 1.02. The molecule has 0 aromatic rings. The third kappa shape index (κ3) is 2.32. The van der Waals surface area contributed by atoms with Gasteiger partial charge in [0.1, 0.15) is 0 Å². The third-order valence-electron chi connectivity index (χ3n) is 3.70. The molecule has 16 heavy (non-hydrogen) atoms. The molecule has 1 saturated carbocycles. The maximum atomic E-state index is 11.0. The molecular weight excluding hydrogens is 204 g/mol. The van der Waals surface area contributed by atoms with E-state index in [1.54, 1.807) is 4.90 Å². The smallest absolute Gasteiger partial charge is 0.407 e. The number of amides is 1. The Balaban J connectivity index is 2.02. The minimum Gasteiger partial charge on any atom is -0.465 e. The van der Waals surface area contributed by atoms with Crippen molar-refractivity contribution in [3.05, 3.63) is 0 Å². The molecule has 1 amide bonds. The van der Waals surface area contributed by atoms with Crippen molar-refractivity contribution in [2.75, 3.05) is 13.1 Å². The van der Waals surface area contributed by atoms with Gasteiger partial charge >= 0.3 is 6.09 Å². The molecule has 1 aliphatic carbocycles. The van der Waals surface area contributed by atoms with E-state index in [0.717, 1.165) is 0 Å². The number of carbonyl (C=O) groups is 1. The first-order valence-corrected chi connectivity index (χ1v) is 6.12. The van der Waals surface area contributed by atoms with Crippen LogP contribution in [0.25, 0.3) is 0 Å². The maximum Gasteiger partial charge on any atom is 0.407 e. The zero-order valence-corrected chi connectivity index (χ0v) is 10.4. The Bertz CT molecular complexity index is 271. The van der Waals surface area contributed by atoms with Crippen LogP contribution in [0.1, 0.15) is 33.6 Å². The van der Waals surface area contributed by atoms with Gasteiger partial charge in [-0.2, -0.15) is 0 Å². The number of piperidine rings is 1. The number of rotatable bonds is 1. The van der Waals surface area contributed by atoms with E-state index in [9.17, 15) is 4.79 Å².